The first-order valence-corrected chi connectivity index (χ1v) is 4.85. The van der Waals surface area contributed by atoms with Crippen molar-refractivity contribution < 1.29 is 9.53 Å². The van der Waals surface area contributed by atoms with Crippen LogP contribution in [0.2, 0.25) is 0 Å². The van der Waals surface area contributed by atoms with Gasteiger partial charge in [0.1, 0.15) is 5.54 Å². The molecule has 0 saturated heterocycles. The largest absolute Gasteiger partial charge is 0.468 e. The van der Waals surface area contributed by atoms with Crippen LogP contribution in [0.4, 0.5) is 0 Å². The number of rotatable bonds is 1. The topological polar surface area (TPSA) is 52.3 Å². The third kappa shape index (κ3) is 2.21. The fourth-order valence-electron chi connectivity index (χ4n) is 2.55. The summed E-state index contributed by atoms with van der Waals surface area (Å²) in [6, 6.07) is 0. The lowest BCUT2D eigenvalue weighted by atomic mass is 9.72. The molecule has 0 spiro atoms. The van der Waals surface area contributed by atoms with Crippen LogP contribution in [0.1, 0.15) is 33.1 Å². The monoisotopic (exact) mass is 185 g/mol. The lowest BCUT2D eigenvalue weighted by molar-refractivity contribution is -0.149. The van der Waals surface area contributed by atoms with E-state index in [1.807, 2.05) is 0 Å². The summed E-state index contributed by atoms with van der Waals surface area (Å²) in [5, 5.41) is 0. The molecule has 1 rings (SSSR count). The van der Waals surface area contributed by atoms with E-state index in [-0.39, 0.29) is 5.97 Å². The normalized spacial score (nSPS) is 40.0. The van der Waals surface area contributed by atoms with E-state index in [0.29, 0.717) is 11.8 Å². The number of carbonyl (C=O) groups excluding carboxylic acids is 1. The SMILES string of the molecule is COC(=O)C1(N)CC(C)CC(C)C1. The van der Waals surface area contributed by atoms with Crippen molar-refractivity contribution in [1.82, 2.24) is 0 Å². The van der Waals surface area contributed by atoms with Crippen LogP contribution in [0.5, 0.6) is 0 Å². The molecule has 0 amide bonds. The Kier molecular flexibility index (Phi) is 2.96. The van der Waals surface area contributed by atoms with Gasteiger partial charge < -0.3 is 10.5 Å². The minimum absolute atomic E-state index is 0.258. The lowest BCUT2D eigenvalue weighted by Gasteiger charge is -2.37. The summed E-state index contributed by atoms with van der Waals surface area (Å²) < 4.78 is 4.73. The third-order valence-corrected chi connectivity index (χ3v) is 2.82. The minimum atomic E-state index is -0.730. The van der Waals surface area contributed by atoms with Crippen molar-refractivity contribution in [3.63, 3.8) is 0 Å². The quantitative estimate of drug-likeness (QED) is 0.627. The average molecular weight is 185 g/mol. The molecule has 3 heteroatoms. The molecular formula is C10H19NO2. The van der Waals surface area contributed by atoms with Gasteiger partial charge in [-0.2, -0.15) is 0 Å². The van der Waals surface area contributed by atoms with Crippen LogP contribution >= 0.6 is 0 Å². The van der Waals surface area contributed by atoms with E-state index in [9.17, 15) is 4.79 Å². The molecule has 76 valence electrons. The Morgan fingerprint density at radius 1 is 1.38 bits per heavy atom. The summed E-state index contributed by atoms with van der Waals surface area (Å²) >= 11 is 0. The highest BCUT2D eigenvalue weighted by molar-refractivity contribution is 5.80. The van der Waals surface area contributed by atoms with E-state index < -0.39 is 5.54 Å². The standard InChI is InChI=1S/C10H19NO2/c1-7-4-8(2)6-10(11,5-7)9(12)13-3/h7-8H,4-6,11H2,1-3H3. The number of ether oxygens (including phenoxy) is 1. The molecule has 3 nitrogen and oxygen atoms in total. The average Bonchev–Trinajstić information content (AvgIpc) is 2.00. The summed E-state index contributed by atoms with van der Waals surface area (Å²) in [6.45, 7) is 4.28. The Morgan fingerprint density at radius 2 is 1.85 bits per heavy atom. The number of carbonyl (C=O) groups is 1. The molecule has 0 radical (unpaired) electrons. The Balaban J connectivity index is 2.71. The maximum absolute atomic E-state index is 11.4. The second kappa shape index (κ2) is 3.66. The van der Waals surface area contributed by atoms with Crippen LogP contribution < -0.4 is 5.73 Å². The van der Waals surface area contributed by atoms with Crippen molar-refractivity contribution in [2.75, 3.05) is 7.11 Å². The van der Waals surface area contributed by atoms with Crippen molar-refractivity contribution in [1.29, 1.82) is 0 Å². The maximum atomic E-state index is 11.4. The van der Waals surface area contributed by atoms with Gasteiger partial charge in [0.05, 0.1) is 7.11 Å². The van der Waals surface area contributed by atoms with Gasteiger partial charge in [-0.05, 0) is 31.1 Å². The van der Waals surface area contributed by atoms with Gasteiger partial charge in [-0.15, -0.1) is 0 Å². The van der Waals surface area contributed by atoms with E-state index in [0.717, 1.165) is 19.3 Å². The van der Waals surface area contributed by atoms with E-state index in [2.05, 4.69) is 13.8 Å². The molecule has 0 aromatic carbocycles. The first-order valence-electron chi connectivity index (χ1n) is 4.85. The summed E-state index contributed by atoms with van der Waals surface area (Å²) in [4.78, 5) is 11.4. The van der Waals surface area contributed by atoms with E-state index in [4.69, 9.17) is 10.5 Å². The highest BCUT2D eigenvalue weighted by Gasteiger charge is 2.41. The zero-order valence-corrected chi connectivity index (χ0v) is 8.67. The van der Waals surface area contributed by atoms with Gasteiger partial charge >= 0.3 is 5.97 Å². The number of nitrogens with two attached hydrogens (primary N) is 1. The maximum Gasteiger partial charge on any atom is 0.325 e. The van der Waals surface area contributed by atoms with E-state index in [1.54, 1.807) is 0 Å². The number of methoxy groups -OCH3 is 1. The predicted molar refractivity (Wildman–Crippen MR) is 51.1 cm³/mol. The Morgan fingerprint density at radius 3 is 2.23 bits per heavy atom. The molecule has 13 heavy (non-hydrogen) atoms. The van der Waals surface area contributed by atoms with Crippen molar-refractivity contribution in [3.05, 3.63) is 0 Å². The molecule has 1 aliphatic rings. The molecular weight excluding hydrogens is 166 g/mol. The van der Waals surface area contributed by atoms with Gasteiger partial charge in [-0.25, -0.2) is 0 Å². The molecule has 2 atom stereocenters. The van der Waals surface area contributed by atoms with Crippen molar-refractivity contribution in [2.45, 2.75) is 38.6 Å². The Bertz CT molecular complexity index is 193. The van der Waals surface area contributed by atoms with Crippen LogP contribution in [0.25, 0.3) is 0 Å². The van der Waals surface area contributed by atoms with Crippen molar-refractivity contribution in [3.8, 4) is 0 Å². The smallest absolute Gasteiger partial charge is 0.325 e. The summed E-state index contributed by atoms with van der Waals surface area (Å²) in [5.74, 6) is 0.784. The minimum Gasteiger partial charge on any atom is -0.468 e. The highest BCUT2D eigenvalue weighted by Crippen LogP contribution is 2.34. The number of esters is 1. The molecule has 1 aliphatic carbocycles. The van der Waals surface area contributed by atoms with Gasteiger partial charge in [0, 0.05) is 0 Å². The van der Waals surface area contributed by atoms with Gasteiger partial charge in [0.25, 0.3) is 0 Å². The second-order valence-corrected chi connectivity index (χ2v) is 4.50. The van der Waals surface area contributed by atoms with Gasteiger partial charge in [0.15, 0.2) is 0 Å². The van der Waals surface area contributed by atoms with E-state index >= 15 is 0 Å². The first kappa shape index (κ1) is 10.5. The van der Waals surface area contributed by atoms with Gasteiger partial charge in [-0.1, -0.05) is 13.8 Å². The predicted octanol–water partition coefficient (Wildman–Crippen LogP) is 1.31. The molecule has 2 N–H and O–H groups in total. The van der Waals surface area contributed by atoms with Crippen LogP contribution in [0.3, 0.4) is 0 Å². The molecule has 0 heterocycles. The number of hydrogen-bond acceptors (Lipinski definition) is 3. The summed E-state index contributed by atoms with van der Waals surface area (Å²) in [5.41, 5.74) is 5.29. The molecule has 0 aromatic heterocycles. The van der Waals surface area contributed by atoms with Crippen LogP contribution in [0.15, 0.2) is 0 Å². The molecule has 0 bridgehead atoms. The molecule has 0 aliphatic heterocycles. The zero-order chi connectivity index (χ0) is 10.1. The van der Waals surface area contributed by atoms with E-state index in [1.165, 1.54) is 7.11 Å². The van der Waals surface area contributed by atoms with Gasteiger partial charge in [-0.3, -0.25) is 4.79 Å². The van der Waals surface area contributed by atoms with Gasteiger partial charge in [0.2, 0.25) is 0 Å². The zero-order valence-electron chi connectivity index (χ0n) is 8.67. The number of hydrogen-bond donors (Lipinski definition) is 1. The first-order chi connectivity index (χ1) is 5.98. The molecule has 1 fully saturated rings. The fourth-order valence-corrected chi connectivity index (χ4v) is 2.55. The van der Waals surface area contributed by atoms with Crippen molar-refractivity contribution in [2.24, 2.45) is 17.6 Å². The third-order valence-electron chi connectivity index (χ3n) is 2.82. The molecule has 1 saturated carbocycles. The van der Waals surface area contributed by atoms with Crippen molar-refractivity contribution >= 4 is 5.97 Å². The second-order valence-electron chi connectivity index (χ2n) is 4.50. The summed E-state index contributed by atoms with van der Waals surface area (Å²) in [7, 11) is 1.40. The summed E-state index contributed by atoms with van der Waals surface area (Å²) in [6.07, 6.45) is 2.67. The fraction of sp³-hybridized carbons (Fsp3) is 0.900. The molecule has 2 unspecified atom stereocenters. The highest BCUT2D eigenvalue weighted by atomic mass is 16.5. The van der Waals surface area contributed by atoms with Crippen LogP contribution in [0, 0.1) is 11.8 Å². The van der Waals surface area contributed by atoms with Crippen LogP contribution in [-0.4, -0.2) is 18.6 Å². The Labute approximate surface area is 79.6 Å². The van der Waals surface area contributed by atoms with Crippen LogP contribution in [-0.2, 0) is 9.53 Å². The Hall–Kier alpha value is -0.570. The molecule has 0 aromatic rings. The lowest BCUT2D eigenvalue weighted by Crippen LogP contribution is -2.53.